The molecule has 1 saturated carbocycles. The Morgan fingerprint density at radius 3 is 1.76 bits per heavy atom. The Bertz CT molecular complexity index is 174. The lowest BCUT2D eigenvalue weighted by molar-refractivity contribution is 0.176. The van der Waals surface area contributed by atoms with Crippen molar-refractivity contribution < 1.29 is 4.74 Å². The van der Waals surface area contributed by atoms with Gasteiger partial charge in [0.25, 0.3) is 0 Å². The van der Waals surface area contributed by atoms with Gasteiger partial charge in [-0.15, -0.1) is 0 Å². The molecule has 0 aliphatic heterocycles. The van der Waals surface area contributed by atoms with E-state index in [1.807, 2.05) is 19.3 Å². The molecule has 0 aromatic rings. The summed E-state index contributed by atoms with van der Waals surface area (Å²) in [5.74, 6) is 0.797. The molecule has 0 radical (unpaired) electrons. The second-order valence-corrected chi connectivity index (χ2v) is 5.43. The van der Waals surface area contributed by atoms with Gasteiger partial charge in [0.05, 0.1) is 12.9 Å². The van der Waals surface area contributed by atoms with Crippen LogP contribution in [0, 0.1) is 5.92 Å². The molecule has 1 nitrogen and oxygen atoms in total. The molecule has 0 spiro atoms. The molecule has 1 fully saturated rings. The Kier molecular flexibility index (Phi) is 9.17. The largest absolute Gasteiger partial charge is 0.501 e. The quantitative estimate of drug-likeness (QED) is 0.593. The number of hydrogen-bond acceptors (Lipinski definition) is 1. The van der Waals surface area contributed by atoms with Crippen LogP contribution in [0.15, 0.2) is 12.3 Å². The smallest absolute Gasteiger partial charge is 0.0901 e. The topological polar surface area (TPSA) is 9.23 Å². The van der Waals surface area contributed by atoms with Crippen LogP contribution in [0.4, 0.5) is 0 Å². The molecular weight excluding hydrogens is 208 g/mol. The number of rotatable bonds is 3. The van der Waals surface area contributed by atoms with Crippen LogP contribution < -0.4 is 0 Å². The highest BCUT2D eigenvalue weighted by molar-refractivity contribution is 4.68. The molecule has 1 aliphatic carbocycles. The van der Waals surface area contributed by atoms with Gasteiger partial charge < -0.3 is 4.74 Å². The molecule has 0 heterocycles. The zero-order valence-corrected chi connectivity index (χ0v) is 11.6. The van der Waals surface area contributed by atoms with Crippen LogP contribution in [0.25, 0.3) is 0 Å². The average molecular weight is 238 g/mol. The van der Waals surface area contributed by atoms with E-state index >= 15 is 0 Å². The lowest BCUT2D eigenvalue weighted by Crippen LogP contribution is -2.08. The number of allylic oxidation sites excluding steroid dienone is 1. The zero-order valence-electron chi connectivity index (χ0n) is 11.6. The molecule has 0 saturated heterocycles. The molecule has 17 heavy (non-hydrogen) atoms. The summed E-state index contributed by atoms with van der Waals surface area (Å²) in [7, 11) is 0. The lowest BCUT2D eigenvalue weighted by Gasteiger charge is -2.17. The summed E-state index contributed by atoms with van der Waals surface area (Å²) in [4.78, 5) is 0. The standard InChI is InChI=1S/C16H30O/c1-2-14-17-15-16-12-10-8-6-4-3-5-7-9-11-13-16/h2,14,16H,3-13,15H2,1H3/b14-2-. The van der Waals surface area contributed by atoms with Crippen molar-refractivity contribution in [3.05, 3.63) is 12.3 Å². The summed E-state index contributed by atoms with van der Waals surface area (Å²) in [6.07, 6.45) is 19.5. The predicted octanol–water partition coefficient (Wildman–Crippen LogP) is 5.46. The van der Waals surface area contributed by atoms with Gasteiger partial charge in [-0.25, -0.2) is 0 Å². The number of ether oxygens (including phenoxy) is 1. The summed E-state index contributed by atoms with van der Waals surface area (Å²) in [6.45, 7) is 2.95. The molecule has 0 N–H and O–H groups in total. The fourth-order valence-electron chi connectivity index (χ4n) is 2.70. The van der Waals surface area contributed by atoms with Gasteiger partial charge in [0.15, 0.2) is 0 Å². The second kappa shape index (κ2) is 10.7. The van der Waals surface area contributed by atoms with Crippen LogP contribution in [-0.2, 0) is 4.74 Å². The molecular formula is C16H30O. The number of hydrogen-bond donors (Lipinski definition) is 0. The van der Waals surface area contributed by atoms with Crippen molar-refractivity contribution in [2.24, 2.45) is 5.92 Å². The minimum Gasteiger partial charge on any atom is -0.501 e. The van der Waals surface area contributed by atoms with E-state index in [0.29, 0.717) is 0 Å². The van der Waals surface area contributed by atoms with Crippen LogP contribution >= 0.6 is 0 Å². The van der Waals surface area contributed by atoms with E-state index in [1.54, 1.807) is 0 Å². The zero-order chi connectivity index (χ0) is 12.2. The average Bonchev–Trinajstić information content (AvgIpc) is 2.32. The maximum absolute atomic E-state index is 5.57. The minimum atomic E-state index is 0.797. The van der Waals surface area contributed by atoms with Gasteiger partial charge in [-0.2, -0.15) is 0 Å². The van der Waals surface area contributed by atoms with Gasteiger partial charge >= 0.3 is 0 Å². The molecule has 0 atom stereocenters. The molecule has 1 aliphatic rings. The normalized spacial score (nSPS) is 21.9. The third-order valence-corrected chi connectivity index (χ3v) is 3.79. The first-order valence-corrected chi connectivity index (χ1v) is 7.66. The first-order valence-electron chi connectivity index (χ1n) is 7.66. The summed E-state index contributed by atoms with van der Waals surface area (Å²) >= 11 is 0. The fourth-order valence-corrected chi connectivity index (χ4v) is 2.70. The van der Waals surface area contributed by atoms with E-state index in [4.69, 9.17) is 4.74 Å². The van der Waals surface area contributed by atoms with E-state index in [-0.39, 0.29) is 0 Å². The van der Waals surface area contributed by atoms with Gasteiger partial charge in [-0.1, -0.05) is 63.9 Å². The highest BCUT2D eigenvalue weighted by atomic mass is 16.5. The summed E-state index contributed by atoms with van der Waals surface area (Å²) in [5.41, 5.74) is 0. The maximum Gasteiger partial charge on any atom is 0.0901 e. The fraction of sp³-hybridized carbons (Fsp3) is 0.875. The van der Waals surface area contributed by atoms with Crippen molar-refractivity contribution in [3.8, 4) is 0 Å². The molecule has 0 amide bonds. The molecule has 1 heteroatoms. The third-order valence-electron chi connectivity index (χ3n) is 3.79. The molecule has 1 rings (SSSR count). The van der Waals surface area contributed by atoms with Gasteiger partial charge in [0.2, 0.25) is 0 Å². The van der Waals surface area contributed by atoms with Gasteiger partial charge in [0.1, 0.15) is 0 Å². The first kappa shape index (κ1) is 14.6. The van der Waals surface area contributed by atoms with Crippen molar-refractivity contribution >= 4 is 0 Å². The highest BCUT2D eigenvalue weighted by Crippen LogP contribution is 2.21. The third kappa shape index (κ3) is 8.29. The minimum absolute atomic E-state index is 0.797. The van der Waals surface area contributed by atoms with Crippen LogP contribution in [0.5, 0.6) is 0 Å². The van der Waals surface area contributed by atoms with E-state index in [0.717, 1.165) is 12.5 Å². The van der Waals surface area contributed by atoms with Crippen molar-refractivity contribution in [1.82, 2.24) is 0 Å². The van der Waals surface area contributed by atoms with Gasteiger partial charge in [-0.05, 0) is 25.7 Å². The van der Waals surface area contributed by atoms with Crippen LogP contribution in [-0.4, -0.2) is 6.61 Å². The summed E-state index contributed by atoms with van der Waals surface area (Å²) in [6, 6.07) is 0. The van der Waals surface area contributed by atoms with E-state index < -0.39 is 0 Å². The summed E-state index contributed by atoms with van der Waals surface area (Å²) in [5, 5.41) is 0. The van der Waals surface area contributed by atoms with Crippen LogP contribution in [0.3, 0.4) is 0 Å². The Morgan fingerprint density at radius 2 is 1.29 bits per heavy atom. The Morgan fingerprint density at radius 1 is 0.824 bits per heavy atom. The van der Waals surface area contributed by atoms with Crippen LogP contribution in [0.2, 0.25) is 0 Å². The van der Waals surface area contributed by atoms with Crippen molar-refractivity contribution in [2.75, 3.05) is 6.61 Å². The summed E-state index contributed by atoms with van der Waals surface area (Å²) < 4.78 is 5.57. The Balaban J connectivity index is 2.22. The monoisotopic (exact) mass is 238 g/mol. The van der Waals surface area contributed by atoms with Crippen molar-refractivity contribution in [1.29, 1.82) is 0 Å². The van der Waals surface area contributed by atoms with E-state index in [1.165, 1.54) is 70.6 Å². The van der Waals surface area contributed by atoms with E-state index in [2.05, 4.69) is 0 Å². The lowest BCUT2D eigenvalue weighted by atomic mass is 9.93. The van der Waals surface area contributed by atoms with Crippen molar-refractivity contribution in [2.45, 2.75) is 77.6 Å². The van der Waals surface area contributed by atoms with E-state index in [9.17, 15) is 0 Å². The molecule has 0 unspecified atom stereocenters. The molecule has 0 aromatic heterocycles. The second-order valence-electron chi connectivity index (χ2n) is 5.43. The molecule has 0 aromatic carbocycles. The van der Waals surface area contributed by atoms with Crippen LogP contribution in [0.1, 0.15) is 77.6 Å². The SMILES string of the molecule is C/C=C\OCC1CCCCCCCCCCC1. The Hall–Kier alpha value is -0.460. The molecule has 0 bridgehead atoms. The Labute approximate surface area is 108 Å². The van der Waals surface area contributed by atoms with Crippen molar-refractivity contribution in [3.63, 3.8) is 0 Å². The molecule has 100 valence electrons. The first-order chi connectivity index (χ1) is 8.43. The van der Waals surface area contributed by atoms with Gasteiger partial charge in [0, 0.05) is 0 Å². The predicted molar refractivity (Wildman–Crippen MR) is 75.0 cm³/mol. The highest BCUT2D eigenvalue weighted by Gasteiger charge is 2.09. The van der Waals surface area contributed by atoms with Gasteiger partial charge in [-0.3, -0.25) is 0 Å². The maximum atomic E-state index is 5.57.